The Labute approximate surface area is 158 Å². The van der Waals surface area contributed by atoms with Crippen LogP contribution < -0.4 is 9.64 Å². The van der Waals surface area contributed by atoms with Gasteiger partial charge in [-0.25, -0.2) is 4.79 Å². The number of aromatic nitrogens is 2. The maximum absolute atomic E-state index is 13.1. The van der Waals surface area contributed by atoms with Gasteiger partial charge in [0.25, 0.3) is 0 Å². The minimum absolute atomic E-state index is 0.0591. The molecular formula is C19H13N3O4S. The number of ether oxygens (including phenoxy) is 1. The Kier molecular flexibility index (Phi) is 3.54. The first kappa shape index (κ1) is 16.1. The van der Waals surface area contributed by atoms with Crippen molar-refractivity contribution in [3.8, 4) is 17.2 Å². The molecule has 3 aromatic rings. The average molecular weight is 379 g/mol. The van der Waals surface area contributed by atoms with E-state index < -0.39 is 10.8 Å². The maximum atomic E-state index is 13.1. The third-order valence-electron chi connectivity index (χ3n) is 4.66. The van der Waals surface area contributed by atoms with Crippen molar-refractivity contribution in [2.45, 2.75) is 22.6 Å². The minimum atomic E-state index is -1.04. The summed E-state index contributed by atoms with van der Waals surface area (Å²) in [6, 6.07) is 14.4. The van der Waals surface area contributed by atoms with Crippen LogP contribution in [0.25, 0.3) is 11.5 Å². The van der Waals surface area contributed by atoms with E-state index in [4.69, 9.17) is 9.15 Å². The lowest BCUT2D eigenvalue weighted by Gasteiger charge is -2.28. The first-order valence-electron chi connectivity index (χ1n) is 8.37. The summed E-state index contributed by atoms with van der Waals surface area (Å²) >= 11 is 1.38. The summed E-state index contributed by atoms with van der Waals surface area (Å²) in [5.74, 6) is 0.283. The van der Waals surface area contributed by atoms with E-state index in [1.165, 1.54) is 18.2 Å². The van der Waals surface area contributed by atoms with Crippen molar-refractivity contribution in [2.75, 3.05) is 4.90 Å². The first-order valence-corrected chi connectivity index (χ1v) is 9.19. The van der Waals surface area contributed by atoms with Crippen LogP contribution in [0.15, 0.2) is 64.2 Å². The Bertz CT molecular complexity index is 1040. The lowest BCUT2D eigenvalue weighted by atomic mass is 10.2. The summed E-state index contributed by atoms with van der Waals surface area (Å²) < 4.78 is 10.8. The molecular weight excluding hydrogens is 366 g/mol. The van der Waals surface area contributed by atoms with E-state index in [2.05, 4.69) is 10.2 Å². The maximum Gasteiger partial charge on any atom is 0.348 e. The standard InChI is InChI=1S/C19H13N3O4S/c23-16-9-10-19(22(16)14-3-1-2-4-15(14)27-19)18(24)26-13-7-5-12(6-8-13)17-21-20-11-25-17/h1-8,11H,9-10H2. The van der Waals surface area contributed by atoms with Gasteiger partial charge < -0.3 is 9.15 Å². The highest BCUT2D eigenvalue weighted by molar-refractivity contribution is 8.02. The first-order chi connectivity index (χ1) is 13.2. The second-order valence-electron chi connectivity index (χ2n) is 6.24. The molecule has 0 saturated carbocycles. The smallest absolute Gasteiger partial charge is 0.348 e. The fourth-order valence-corrected chi connectivity index (χ4v) is 4.82. The summed E-state index contributed by atoms with van der Waals surface area (Å²) in [4.78, 5) is 27.0. The molecule has 0 radical (unpaired) electrons. The highest BCUT2D eigenvalue weighted by atomic mass is 32.2. The Morgan fingerprint density at radius 3 is 2.78 bits per heavy atom. The molecule has 1 aromatic heterocycles. The molecule has 7 nitrogen and oxygen atoms in total. The van der Waals surface area contributed by atoms with Crippen molar-refractivity contribution in [1.29, 1.82) is 0 Å². The second kappa shape index (κ2) is 5.95. The number of hydrogen-bond acceptors (Lipinski definition) is 7. The van der Waals surface area contributed by atoms with Crippen molar-refractivity contribution in [1.82, 2.24) is 10.2 Å². The summed E-state index contributed by atoms with van der Waals surface area (Å²) in [7, 11) is 0. The zero-order valence-corrected chi connectivity index (χ0v) is 14.8. The summed E-state index contributed by atoms with van der Waals surface area (Å²) in [6.07, 6.45) is 2.00. The van der Waals surface area contributed by atoms with Gasteiger partial charge in [0.1, 0.15) is 5.75 Å². The molecule has 1 atom stereocenters. The Morgan fingerprint density at radius 2 is 2.00 bits per heavy atom. The van der Waals surface area contributed by atoms with Gasteiger partial charge in [0.05, 0.1) is 5.69 Å². The molecule has 2 aliphatic heterocycles. The number of fused-ring (bicyclic) bond motifs is 3. The number of esters is 1. The number of thioether (sulfide) groups is 1. The van der Waals surface area contributed by atoms with Crippen LogP contribution in [0.2, 0.25) is 0 Å². The van der Waals surface area contributed by atoms with Crippen molar-refractivity contribution in [2.24, 2.45) is 0 Å². The fourth-order valence-electron chi connectivity index (χ4n) is 3.42. The second-order valence-corrected chi connectivity index (χ2v) is 7.56. The quantitative estimate of drug-likeness (QED) is 0.510. The van der Waals surface area contributed by atoms with Crippen molar-refractivity contribution < 1.29 is 18.7 Å². The Hall–Kier alpha value is -3.13. The molecule has 0 bridgehead atoms. The number of para-hydroxylation sites is 1. The molecule has 0 N–H and O–H groups in total. The van der Waals surface area contributed by atoms with E-state index in [0.717, 1.165) is 16.1 Å². The van der Waals surface area contributed by atoms with Crippen molar-refractivity contribution >= 4 is 29.3 Å². The third kappa shape index (κ3) is 2.44. The van der Waals surface area contributed by atoms with Gasteiger partial charge in [-0.1, -0.05) is 23.9 Å². The zero-order chi connectivity index (χ0) is 18.4. The van der Waals surface area contributed by atoms with Crippen LogP contribution in [-0.4, -0.2) is 26.9 Å². The van der Waals surface area contributed by atoms with E-state index >= 15 is 0 Å². The van der Waals surface area contributed by atoms with Crippen LogP contribution in [0.3, 0.4) is 0 Å². The third-order valence-corrected chi connectivity index (χ3v) is 6.12. The average Bonchev–Trinajstić information content (AvgIpc) is 3.39. The van der Waals surface area contributed by atoms with Gasteiger partial charge in [-0.15, -0.1) is 10.2 Å². The predicted molar refractivity (Wildman–Crippen MR) is 97.1 cm³/mol. The van der Waals surface area contributed by atoms with E-state index in [0.29, 0.717) is 24.5 Å². The van der Waals surface area contributed by atoms with Gasteiger partial charge in [0, 0.05) is 23.3 Å². The van der Waals surface area contributed by atoms with E-state index in [9.17, 15) is 9.59 Å². The zero-order valence-electron chi connectivity index (χ0n) is 14.0. The minimum Gasteiger partial charge on any atom is -0.424 e. The Morgan fingerprint density at radius 1 is 1.19 bits per heavy atom. The number of anilines is 1. The molecule has 5 rings (SSSR count). The highest BCUT2D eigenvalue weighted by Crippen LogP contribution is 2.56. The SMILES string of the molecule is O=C1CCC2(C(=O)Oc3ccc(-c4nnco4)cc3)Sc3ccccc3N12. The van der Waals surface area contributed by atoms with Gasteiger partial charge in [0.2, 0.25) is 18.2 Å². The summed E-state index contributed by atoms with van der Waals surface area (Å²) in [6.45, 7) is 0. The summed E-state index contributed by atoms with van der Waals surface area (Å²) in [5, 5.41) is 7.48. The van der Waals surface area contributed by atoms with Crippen LogP contribution in [0.5, 0.6) is 5.75 Å². The van der Waals surface area contributed by atoms with E-state index in [1.807, 2.05) is 24.3 Å². The van der Waals surface area contributed by atoms with Crippen LogP contribution in [0.1, 0.15) is 12.8 Å². The molecule has 134 valence electrons. The lowest BCUT2D eigenvalue weighted by molar-refractivity contribution is -0.137. The molecule has 1 saturated heterocycles. The molecule has 0 spiro atoms. The highest BCUT2D eigenvalue weighted by Gasteiger charge is 2.58. The van der Waals surface area contributed by atoms with Crippen LogP contribution in [0.4, 0.5) is 5.69 Å². The monoisotopic (exact) mass is 379 g/mol. The van der Waals surface area contributed by atoms with Gasteiger partial charge in [0.15, 0.2) is 4.87 Å². The number of hydrogen-bond donors (Lipinski definition) is 0. The summed E-state index contributed by atoms with van der Waals surface area (Å²) in [5.41, 5.74) is 1.50. The largest absolute Gasteiger partial charge is 0.424 e. The van der Waals surface area contributed by atoms with Crippen LogP contribution in [-0.2, 0) is 9.59 Å². The molecule has 1 fully saturated rings. The Balaban J connectivity index is 1.42. The molecule has 8 heteroatoms. The normalized spacial score (nSPS) is 20.4. The molecule has 2 aliphatic rings. The number of nitrogens with zero attached hydrogens (tertiary/aromatic N) is 3. The molecule has 1 amide bonds. The van der Waals surface area contributed by atoms with Crippen molar-refractivity contribution in [3.05, 3.63) is 54.9 Å². The number of carbonyl (C=O) groups excluding carboxylic acids is 2. The number of carbonyl (C=O) groups is 2. The number of benzene rings is 2. The topological polar surface area (TPSA) is 85.5 Å². The molecule has 2 aromatic carbocycles. The molecule has 27 heavy (non-hydrogen) atoms. The van der Waals surface area contributed by atoms with Crippen LogP contribution >= 0.6 is 11.8 Å². The van der Waals surface area contributed by atoms with Gasteiger partial charge in [-0.05, 0) is 36.4 Å². The van der Waals surface area contributed by atoms with E-state index in [1.54, 1.807) is 29.2 Å². The molecule has 0 aliphatic carbocycles. The number of rotatable bonds is 3. The van der Waals surface area contributed by atoms with Crippen LogP contribution in [0, 0.1) is 0 Å². The fraction of sp³-hybridized carbons (Fsp3) is 0.158. The predicted octanol–water partition coefficient (Wildman–Crippen LogP) is 3.27. The number of amides is 1. The molecule has 3 heterocycles. The van der Waals surface area contributed by atoms with Gasteiger partial charge in [-0.3, -0.25) is 9.69 Å². The van der Waals surface area contributed by atoms with E-state index in [-0.39, 0.29) is 5.91 Å². The molecule has 1 unspecified atom stereocenters. The van der Waals surface area contributed by atoms with Gasteiger partial charge >= 0.3 is 5.97 Å². The lowest BCUT2D eigenvalue weighted by Crippen LogP contribution is -2.48. The van der Waals surface area contributed by atoms with Crippen molar-refractivity contribution in [3.63, 3.8) is 0 Å². The van der Waals surface area contributed by atoms with Gasteiger partial charge in [-0.2, -0.15) is 0 Å².